The van der Waals surface area contributed by atoms with Crippen LogP contribution >= 0.6 is 0 Å². The van der Waals surface area contributed by atoms with Gasteiger partial charge in [0.2, 0.25) is 0 Å². The van der Waals surface area contributed by atoms with E-state index < -0.39 is 12.1 Å². The van der Waals surface area contributed by atoms with Gasteiger partial charge in [-0.05, 0) is 31.9 Å². The summed E-state index contributed by atoms with van der Waals surface area (Å²) < 4.78 is 0. The normalized spacial score (nSPS) is 15.2. The van der Waals surface area contributed by atoms with Crippen molar-refractivity contribution in [1.82, 2.24) is 0 Å². The Labute approximate surface area is 84.7 Å². The maximum absolute atomic E-state index is 9.40. The Kier molecular flexibility index (Phi) is 3.13. The Morgan fingerprint density at radius 3 is 2.36 bits per heavy atom. The maximum Gasteiger partial charge on any atom is 0.0705 e. The summed E-state index contributed by atoms with van der Waals surface area (Å²) in [7, 11) is 0. The van der Waals surface area contributed by atoms with Crippen molar-refractivity contribution in [3.05, 3.63) is 28.8 Å². The molecule has 1 aromatic rings. The van der Waals surface area contributed by atoms with Crippen molar-refractivity contribution in [3.63, 3.8) is 0 Å². The van der Waals surface area contributed by atoms with Crippen molar-refractivity contribution >= 4 is 5.69 Å². The van der Waals surface area contributed by atoms with Gasteiger partial charge in [-0.2, -0.15) is 0 Å². The summed E-state index contributed by atoms with van der Waals surface area (Å²) in [6.45, 7) is 5.60. The first-order valence-corrected chi connectivity index (χ1v) is 4.73. The van der Waals surface area contributed by atoms with Gasteiger partial charge in [-0.3, -0.25) is 0 Å². The minimum atomic E-state index is -0.585. The monoisotopic (exact) mass is 194 g/mol. The second-order valence-electron chi connectivity index (χ2n) is 3.85. The van der Waals surface area contributed by atoms with Crippen LogP contribution in [0.5, 0.6) is 0 Å². The lowest BCUT2D eigenvalue weighted by Crippen LogP contribution is -2.24. The molecule has 0 radical (unpaired) electrons. The molecule has 0 aromatic heterocycles. The van der Waals surface area contributed by atoms with Gasteiger partial charge >= 0.3 is 0 Å². The summed E-state index contributed by atoms with van der Waals surface area (Å²) in [4.78, 5) is 0. The highest BCUT2D eigenvalue weighted by atomic mass is 16.3. The fourth-order valence-electron chi connectivity index (χ4n) is 1.55. The van der Waals surface area contributed by atoms with E-state index in [0.717, 1.165) is 16.7 Å². The molecule has 0 aliphatic rings. The van der Waals surface area contributed by atoms with Crippen molar-refractivity contribution in [3.8, 4) is 0 Å². The summed E-state index contributed by atoms with van der Waals surface area (Å²) in [5, 5.41) is 9.40. The molecular weight excluding hydrogens is 176 g/mol. The average molecular weight is 194 g/mol. The van der Waals surface area contributed by atoms with Crippen LogP contribution in [0.3, 0.4) is 0 Å². The number of benzene rings is 1. The zero-order chi connectivity index (χ0) is 10.9. The number of hydrogen-bond donors (Lipinski definition) is 3. The molecule has 0 amide bonds. The summed E-state index contributed by atoms with van der Waals surface area (Å²) >= 11 is 0. The highest BCUT2D eigenvalue weighted by Gasteiger charge is 2.16. The van der Waals surface area contributed by atoms with Crippen LogP contribution in [-0.2, 0) is 0 Å². The number of aliphatic hydroxyl groups is 1. The van der Waals surface area contributed by atoms with Gasteiger partial charge in [0.05, 0.1) is 12.1 Å². The number of rotatable bonds is 2. The molecule has 0 bridgehead atoms. The zero-order valence-electron chi connectivity index (χ0n) is 8.91. The van der Waals surface area contributed by atoms with E-state index in [1.807, 2.05) is 26.0 Å². The van der Waals surface area contributed by atoms with Gasteiger partial charge in [0, 0.05) is 5.69 Å². The van der Waals surface area contributed by atoms with Gasteiger partial charge in [0.25, 0.3) is 0 Å². The van der Waals surface area contributed by atoms with Crippen molar-refractivity contribution in [2.45, 2.75) is 32.9 Å². The van der Waals surface area contributed by atoms with Crippen LogP contribution in [0, 0.1) is 13.8 Å². The zero-order valence-corrected chi connectivity index (χ0v) is 8.91. The number of nitrogens with two attached hydrogens (primary N) is 2. The Balaban J connectivity index is 3.20. The molecule has 0 unspecified atom stereocenters. The van der Waals surface area contributed by atoms with Crippen LogP contribution in [0.2, 0.25) is 0 Å². The van der Waals surface area contributed by atoms with E-state index in [2.05, 4.69) is 0 Å². The molecule has 0 fully saturated rings. The van der Waals surface area contributed by atoms with Crippen molar-refractivity contribution in [2.24, 2.45) is 5.73 Å². The van der Waals surface area contributed by atoms with Gasteiger partial charge in [-0.1, -0.05) is 17.7 Å². The average Bonchev–Trinajstić information content (AvgIpc) is 2.09. The lowest BCUT2D eigenvalue weighted by Gasteiger charge is -2.19. The first kappa shape index (κ1) is 11.0. The fourth-order valence-corrected chi connectivity index (χ4v) is 1.55. The highest BCUT2D eigenvalue weighted by Crippen LogP contribution is 2.25. The third-order valence-electron chi connectivity index (χ3n) is 2.44. The minimum Gasteiger partial charge on any atom is -0.398 e. The minimum absolute atomic E-state index is 0.409. The van der Waals surface area contributed by atoms with Crippen molar-refractivity contribution < 1.29 is 5.11 Å². The Hall–Kier alpha value is -1.06. The molecule has 78 valence electrons. The Morgan fingerprint density at radius 1 is 1.29 bits per heavy atom. The number of aliphatic hydroxyl groups excluding tert-OH is 1. The second kappa shape index (κ2) is 3.98. The highest BCUT2D eigenvalue weighted by molar-refractivity contribution is 5.56. The van der Waals surface area contributed by atoms with E-state index in [0.29, 0.717) is 5.69 Å². The Bertz CT molecular complexity index is 334. The predicted octanol–water partition coefficient (Wildman–Crippen LogP) is 1.27. The van der Waals surface area contributed by atoms with E-state index in [-0.39, 0.29) is 0 Å². The van der Waals surface area contributed by atoms with Gasteiger partial charge < -0.3 is 16.6 Å². The van der Waals surface area contributed by atoms with E-state index in [1.165, 1.54) is 0 Å². The molecule has 0 saturated carbocycles. The molecular formula is C11H18N2O. The molecule has 2 atom stereocenters. The fraction of sp³-hybridized carbons (Fsp3) is 0.455. The SMILES string of the molecule is Cc1cc(C)c(N)c([C@@H](N)[C@H](C)O)c1. The van der Waals surface area contributed by atoms with Gasteiger partial charge in [0.1, 0.15) is 0 Å². The van der Waals surface area contributed by atoms with Gasteiger partial charge in [-0.15, -0.1) is 0 Å². The molecule has 3 heteroatoms. The lowest BCUT2D eigenvalue weighted by molar-refractivity contribution is 0.164. The molecule has 0 heterocycles. The smallest absolute Gasteiger partial charge is 0.0705 e. The van der Waals surface area contributed by atoms with Crippen LogP contribution < -0.4 is 11.5 Å². The number of aryl methyl sites for hydroxylation is 2. The molecule has 0 saturated heterocycles. The van der Waals surface area contributed by atoms with E-state index in [9.17, 15) is 5.11 Å². The molecule has 0 spiro atoms. The first-order chi connectivity index (χ1) is 6.43. The molecule has 0 aliphatic heterocycles. The van der Waals surface area contributed by atoms with E-state index in [4.69, 9.17) is 11.5 Å². The van der Waals surface area contributed by atoms with Crippen LogP contribution in [0.1, 0.15) is 29.7 Å². The van der Waals surface area contributed by atoms with Gasteiger partial charge in [0.15, 0.2) is 0 Å². The number of anilines is 1. The number of hydrogen-bond acceptors (Lipinski definition) is 3. The van der Waals surface area contributed by atoms with Crippen molar-refractivity contribution in [1.29, 1.82) is 0 Å². The second-order valence-corrected chi connectivity index (χ2v) is 3.85. The third kappa shape index (κ3) is 2.05. The maximum atomic E-state index is 9.40. The summed E-state index contributed by atoms with van der Waals surface area (Å²) in [5.74, 6) is 0. The Morgan fingerprint density at radius 2 is 1.86 bits per heavy atom. The van der Waals surface area contributed by atoms with Crippen molar-refractivity contribution in [2.75, 3.05) is 5.73 Å². The van der Waals surface area contributed by atoms with Crippen LogP contribution in [0.25, 0.3) is 0 Å². The standard InChI is InChI=1S/C11H18N2O/c1-6-4-7(2)10(12)9(5-6)11(13)8(3)14/h4-5,8,11,14H,12-13H2,1-3H3/t8-,11-/m0/s1. The first-order valence-electron chi connectivity index (χ1n) is 4.73. The summed E-state index contributed by atoms with van der Waals surface area (Å²) in [6, 6.07) is 3.53. The molecule has 3 nitrogen and oxygen atoms in total. The summed E-state index contributed by atoms with van der Waals surface area (Å²) in [5.41, 5.74) is 15.4. The topological polar surface area (TPSA) is 72.3 Å². The molecule has 5 N–H and O–H groups in total. The van der Waals surface area contributed by atoms with Crippen LogP contribution in [0.4, 0.5) is 5.69 Å². The quantitative estimate of drug-likeness (QED) is 0.621. The van der Waals surface area contributed by atoms with Crippen LogP contribution in [-0.4, -0.2) is 11.2 Å². The third-order valence-corrected chi connectivity index (χ3v) is 2.44. The lowest BCUT2D eigenvalue weighted by atomic mass is 9.96. The predicted molar refractivity (Wildman–Crippen MR) is 58.9 cm³/mol. The van der Waals surface area contributed by atoms with Crippen LogP contribution in [0.15, 0.2) is 12.1 Å². The van der Waals surface area contributed by atoms with E-state index in [1.54, 1.807) is 6.92 Å². The largest absolute Gasteiger partial charge is 0.398 e. The molecule has 14 heavy (non-hydrogen) atoms. The molecule has 1 aromatic carbocycles. The molecule has 1 rings (SSSR count). The molecule has 0 aliphatic carbocycles. The van der Waals surface area contributed by atoms with Gasteiger partial charge in [-0.25, -0.2) is 0 Å². The summed E-state index contributed by atoms with van der Waals surface area (Å²) in [6.07, 6.45) is -0.585. The number of nitrogen functional groups attached to an aromatic ring is 1. The van der Waals surface area contributed by atoms with E-state index >= 15 is 0 Å².